The fourth-order valence-corrected chi connectivity index (χ4v) is 3.38. The lowest BCUT2D eigenvalue weighted by molar-refractivity contribution is 0.000255. The average Bonchev–Trinajstić information content (AvgIpc) is 2.67. The molecule has 1 unspecified atom stereocenters. The molecule has 1 N–H and O–H groups in total. The molecule has 0 radical (unpaired) electrons. The Bertz CT molecular complexity index is 706. The predicted octanol–water partition coefficient (Wildman–Crippen LogP) is 3.17. The number of halogens is 2. The van der Waals surface area contributed by atoms with Crippen molar-refractivity contribution in [2.45, 2.75) is 19.3 Å². The van der Waals surface area contributed by atoms with Crippen LogP contribution in [0.25, 0.3) is 0 Å². The van der Waals surface area contributed by atoms with Gasteiger partial charge in [-0.15, -0.1) is 0 Å². The molecule has 0 aliphatic carbocycles. The standard InChI is InChI=1S/C21H26ClFN2O2/c22-19-7-5-17(6-8-19)13-24-9-11-25(12-10-24)14-20(26)16-27-15-18-3-1-2-4-21(18)23/h1-8,20,26H,9-16H2. The van der Waals surface area contributed by atoms with E-state index in [4.69, 9.17) is 16.3 Å². The molecule has 1 aliphatic rings. The van der Waals surface area contributed by atoms with E-state index in [2.05, 4.69) is 21.9 Å². The van der Waals surface area contributed by atoms with Gasteiger partial charge >= 0.3 is 0 Å². The summed E-state index contributed by atoms with van der Waals surface area (Å²) >= 11 is 5.93. The molecular formula is C21H26ClFN2O2. The van der Waals surface area contributed by atoms with Crippen molar-refractivity contribution < 1.29 is 14.2 Å². The van der Waals surface area contributed by atoms with Crippen LogP contribution in [0, 0.1) is 5.82 Å². The highest BCUT2D eigenvalue weighted by atomic mass is 35.5. The van der Waals surface area contributed by atoms with Gasteiger partial charge in [-0.1, -0.05) is 41.9 Å². The summed E-state index contributed by atoms with van der Waals surface area (Å²) in [4.78, 5) is 4.65. The van der Waals surface area contributed by atoms with Crippen LogP contribution in [0.2, 0.25) is 5.02 Å². The second-order valence-electron chi connectivity index (χ2n) is 6.96. The molecule has 4 nitrogen and oxygen atoms in total. The first-order valence-electron chi connectivity index (χ1n) is 9.28. The van der Waals surface area contributed by atoms with Crippen LogP contribution in [0.5, 0.6) is 0 Å². The molecule has 3 rings (SSSR count). The fraction of sp³-hybridized carbons (Fsp3) is 0.429. The average molecular weight is 393 g/mol. The molecule has 2 aromatic rings. The Hall–Kier alpha value is -1.50. The van der Waals surface area contributed by atoms with Crippen molar-refractivity contribution in [3.63, 3.8) is 0 Å². The zero-order valence-electron chi connectivity index (χ0n) is 15.4. The van der Waals surface area contributed by atoms with Crippen molar-refractivity contribution in [1.29, 1.82) is 0 Å². The Kier molecular flexibility index (Phi) is 7.61. The van der Waals surface area contributed by atoms with Crippen LogP contribution in [0.1, 0.15) is 11.1 Å². The van der Waals surface area contributed by atoms with Gasteiger partial charge in [0.05, 0.1) is 19.3 Å². The number of aliphatic hydroxyl groups excluding tert-OH is 1. The highest BCUT2D eigenvalue weighted by Gasteiger charge is 2.19. The maximum atomic E-state index is 13.5. The zero-order chi connectivity index (χ0) is 19.1. The van der Waals surface area contributed by atoms with Gasteiger partial charge in [-0.25, -0.2) is 4.39 Å². The Balaban J connectivity index is 1.33. The van der Waals surface area contributed by atoms with Crippen molar-refractivity contribution in [2.75, 3.05) is 39.3 Å². The second kappa shape index (κ2) is 10.2. The maximum absolute atomic E-state index is 13.5. The van der Waals surface area contributed by atoms with Crippen LogP contribution in [-0.4, -0.2) is 60.3 Å². The van der Waals surface area contributed by atoms with Gasteiger partial charge in [0.15, 0.2) is 0 Å². The molecule has 0 aromatic heterocycles. The summed E-state index contributed by atoms with van der Waals surface area (Å²) in [5.74, 6) is -0.274. The number of ether oxygens (including phenoxy) is 1. The van der Waals surface area contributed by atoms with Gasteiger partial charge in [-0.3, -0.25) is 9.80 Å². The summed E-state index contributed by atoms with van der Waals surface area (Å²) in [6.45, 7) is 5.64. The van der Waals surface area contributed by atoms with Gasteiger partial charge in [0.25, 0.3) is 0 Å². The number of β-amino-alcohol motifs (C(OH)–C–C–N with tert-alkyl or cyclic N) is 1. The summed E-state index contributed by atoms with van der Waals surface area (Å²) in [6, 6.07) is 14.5. The first-order valence-corrected chi connectivity index (χ1v) is 9.66. The van der Waals surface area contributed by atoms with Crippen molar-refractivity contribution in [2.24, 2.45) is 0 Å². The monoisotopic (exact) mass is 392 g/mol. The molecule has 146 valence electrons. The molecule has 0 bridgehead atoms. The number of rotatable bonds is 8. The summed E-state index contributed by atoms with van der Waals surface area (Å²) in [7, 11) is 0. The number of hydrogen-bond acceptors (Lipinski definition) is 4. The Morgan fingerprint density at radius 1 is 1.00 bits per heavy atom. The third-order valence-corrected chi connectivity index (χ3v) is 5.03. The second-order valence-corrected chi connectivity index (χ2v) is 7.40. The van der Waals surface area contributed by atoms with Gasteiger partial charge in [0.2, 0.25) is 0 Å². The zero-order valence-corrected chi connectivity index (χ0v) is 16.1. The number of nitrogens with zero attached hydrogens (tertiary/aromatic N) is 2. The SMILES string of the molecule is OC(COCc1ccccc1F)CN1CCN(Cc2ccc(Cl)cc2)CC1. The minimum atomic E-state index is -0.570. The number of aliphatic hydroxyl groups is 1. The topological polar surface area (TPSA) is 35.9 Å². The van der Waals surface area contributed by atoms with Crippen LogP contribution < -0.4 is 0 Å². The number of hydrogen-bond donors (Lipinski definition) is 1. The van der Waals surface area contributed by atoms with E-state index >= 15 is 0 Å². The molecular weight excluding hydrogens is 367 g/mol. The van der Waals surface area contributed by atoms with Crippen molar-refractivity contribution in [3.05, 3.63) is 70.5 Å². The fourth-order valence-electron chi connectivity index (χ4n) is 3.25. The summed E-state index contributed by atoms with van der Waals surface area (Å²) in [5.41, 5.74) is 1.77. The van der Waals surface area contributed by atoms with E-state index in [0.29, 0.717) is 12.1 Å². The molecule has 27 heavy (non-hydrogen) atoms. The van der Waals surface area contributed by atoms with E-state index in [1.54, 1.807) is 18.2 Å². The van der Waals surface area contributed by atoms with Crippen LogP contribution >= 0.6 is 11.6 Å². The van der Waals surface area contributed by atoms with E-state index in [-0.39, 0.29) is 19.0 Å². The molecule has 1 saturated heterocycles. The lowest BCUT2D eigenvalue weighted by Gasteiger charge is -2.35. The van der Waals surface area contributed by atoms with Crippen LogP contribution in [0.4, 0.5) is 4.39 Å². The molecule has 0 saturated carbocycles. The number of benzene rings is 2. The quantitative estimate of drug-likeness (QED) is 0.748. The molecule has 2 aromatic carbocycles. The van der Waals surface area contributed by atoms with Crippen molar-refractivity contribution >= 4 is 11.6 Å². The van der Waals surface area contributed by atoms with Crippen molar-refractivity contribution in [3.8, 4) is 0 Å². The van der Waals surface area contributed by atoms with E-state index in [0.717, 1.165) is 37.7 Å². The molecule has 0 spiro atoms. The van der Waals surface area contributed by atoms with E-state index in [9.17, 15) is 9.50 Å². The molecule has 0 amide bonds. The minimum absolute atomic E-state index is 0.179. The number of piperazine rings is 1. The molecule has 6 heteroatoms. The smallest absolute Gasteiger partial charge is 0.128 e. The lowest BCUT2D eigenvalue weighted by atomic mass is 10.2. The van der Waals surface area contributed by atoms with Gasteiger partial charge in [-0.2, -0.15) is 0 Å². The third-order valence-electron chi connectivity index (χ3n) is 4.78. The Labute approximate surface area is 165 Å². The van der Waals surface area contributed by atoms with Gasteiger partial charge < -0.3 is 9.84 Å². The largest absolute Gasteiger partial charge is 0.389 e. The maximum Gasteiger partial charge on any atom is 0.128 e. The van der Waals surface area contributed by atoms with E-state index < -0.39 is 6.10 Å². The first-order chi connectivity index (χ1) is 13.1. The molecule has 1 aliphatic heterocycles. The molecule has 1 fully saturated rings. The highest BCUT2D eigenvalue weighted by molar-refractivity contribution is 6.30. The lowest BCUT2D eigenvalue weighted by Crippen LogP contribution is -2.48. The normalized spacial score (nSPS) is 17.1. The molecule has 1 heterocycles. The third kappa shape index (κ3) is 6.55. The Morgan fingerprint density at radius 2 is 1.67 bits per heavy atom. The van der Waals surface area contributed by atoms with Crippen LogP contribution in [0.15, 0.2) is 48.5 Å². The van der Waals surface area contributed by atoms with Gasteiger partial charge in [0, 0.05) is 49.9 Å². The molecule has 1 atom stereocenters. The van der Waals surface area contributed by atoms with Gasteiger partial charge in [0.1, 0.15) is 5.82 Å². The van der Waals surface area contributed by atoms with Crippen LogP contribution in [-0.2, 0) is 17.9 Å². The first kappa shape index (κ1) is 20.2. The summed E-state index contributed by atoms with van der Waals surface area (Å²) in [6.07, 6.45) is -0.570. The van der Waals surface area contributed by atoms with Crippen LogP contribution in [0.3, 0.4) is 0 Å². The van der Waals surface area contributed by atoms with Crippen molar-refractivity contribution in [1.82, 2.24) is 9.80 Å². The predicted molar refractivity (Wildman–Crippen MR) is 105 cm³/mol. The van der Waals surface area contributed by atoms with E-state index in [1.807, 2.05) is 12.1 Å². The summed E-state index contributed by atoms with van der Waals surface area (Å²) in [5, 5.41) is 10.9. The van der Waals surface area contributed by atoms with E-state index in [1.165, 1.54) is 11.6 Å². The highest BCUT2D eigenvalue weighted by Crippen LogP contribution is 2.13. The Morgan fingerprint density at radius 3 is 2.37 bits per heavy atom. The summed E-state index contributed by atoms with van der Waals surface area (Å²) < 4.78 is 19.0. The van der Waals surface area contributed by atoms with Gasteiger partial charge in [-0.05, 0) is 23.8 Å². The minimum Gasteiger partial charge on any atom is -0.389 e.